The van der Waals surface area contributed by atoms with Gasteiger partial charge in [0.05, 0.1) is 13.5 Å². The Morgan fingerprint density at radius 1 is 1.43 bits per heavy atom. The fourth-order valence-electron chi connectivity index (χ4n) is 0.885. The van der Waals surface area contributed by atoms with E-state index in [2.05, 4.69) is 0 Å². The predicted octanol–water partition coefficient (Wildman–Crippen LogP) is 1.85. The third-order valence-electron chi connectivity index (χ3n) is 1.63. The largest absolute Gasteiger partial charge is 0.416 e. The number of ketones is 1. The van der Waals surface area contributed by atoms with Gasteiger partial charge in [-0.3, -0.25) is 4.79 Å². The lowest BCUT2D eigenvalue weighted by atomic mass is 10.1. The first kappa shape index (κ1) is 9.21. The van der Waals surface area contributed by atoms with E-state index in [1.54, 1.807) is 0 Å². The molecule has 0 atom stereocenters. The molecular weight excluding hydrogens is 195 g/mol. The second kappa shape index (κ2) is 3.79. The highest BCUT2D eigenvalue weighted by Crippen LogP contribution is 2.28. The third kappa shape index (κ3) is 2.32. The van der Waals surface area contributed by atoms with Gasteiger partial charge < -0.3 is 5.73 Å². The monoisotopic (exact) mass is 204 g/mol. The van der Waals surface area contributed by atoms with E-state index in [1.165, 1.54) is 0 Å². The summed E-state index contributed by atoms with van der Waals surface area (Å²) in [6.45, 7) is -0.322. The number of halogens is 3. The maximum absolute atomic E-state index is 12.2. The summed E-state index contributed by atoms with van der Waals surface area (Å²) in [5.74, 6) is -0.547. The molecular formula is C9H8F3NO. The fraction of sp³-hybridized carbons (Fsp3) is 0.222. The van der Waals surface area contributed by atoms with Crippen molar-refractivity contribution in [2.45, 2.75) is 6.18 Å². The number of benzene rings is 1. The number of hydrogen-bond acceptors (Lipinski definition) is 2. The molecule has 1 rings (SSSR count). The van der Waals surface area contributed by atoms with Crippen LogP contribution in [0, 0.1) is 0 Å². The van der Waals surface area contributed by atoms with E-state index in [4.69, 9.17) is 7.10 Å². The van der Waals surface area contributed by atoms with Gasteiger partial charge in [0, 0.05) is 5.56 Å². The third-order valence-corrected chi connectivity index (χ3v) is 1.63. The number of nitrogens with two attached hydrogens (primary N) is 1. The summed E-state index contributed by atoms with van der Waals surface area (Å²) in [5.41, 5.74) is 4.01. The molecule has 0 fully saturated rings. The van der Waals surface area contributed by atoms with Crippen molar-refractivity contribution in [3.8, 4) is 0 Å². The summed E-state index contributed by atoms with van der Waals surface area (Å²) in [4.78, 5) is 11.1. The normalized spacial score (nSPS) is 12.4. The van der Waals surface area contributed by atoms with E-state index in [9.17, 15) is 18.0 Å². The Morgan fingerprint density at radius 2 is 2.07 bits per heavy atom. The molecule has 2 N–H and O–H groups in total. The molecule has 0 unspecified atom stereocenters. The second-order valence-electron chi connectivity index (χ2n) is 2.62. The zero-order valence-electron chi connectivity index (χ0n) is 8.06. The first-order valence-electron chi connectivity index (χ1n) is 4.27. The molecule has 76 valence electrons. The Labute approximate surface area is 79.9 Å². The van der Waals surface area contributed by atoms with Gasteiger partial charge in [0.15, 0.2) is 5.78 Å². The number of hydrogen-bond donors (Lipinski definition) is 1. The number of carbonyl (C=O) groups excluding carboxylic acids is 1. The number of alkyl halides is 3. The highest BCUT2D eigenvalue weighted by Gasteiger charge is 2.30. The molecule has 5 heteroatoms. The lowest BCUT2D eigenvalue weighted by Gasteiger charge is -2.06. The van der Waals surface area contributed by atoms with Crippen molar-refractivity contribution < 1.29 is 19.3 Å². The quantitative estimate of drug-likeness (QED) is 0.747. The van der Waals surface area contributed by atoms with Crippen LogP contribution in [-0.4, -0.2) is 12.3 Å². The molecule has 0 radical (unpaired) electrons. The number of rotatable bonds is 2. The number of carbonyl (C=O) groups is 1. The van der Waals surface area contributed by atoms with Gasteiger partial charge in [-0.15, -0.1) is 0 Å². The lowest BCUT2D eigenvalue weighted by molar-refractivity contribution is -0.137. The summed E-state index contributed by atoms with van der Waals surface area (Å²) in [6, 6.07) is 1.89. The fourth-order valence-corrected chi connectivity index (χ4v) is 0.885. The van der Waals surface area contributed by atoms with Crippen LogP contribution < -0.4 is 5.73 Å². The maximum atomic E-state index is 12.2. The molecule has 0 aliphatic carbocycles. The van der Waals surface area contributed by atoms with Crippen LogP contribution in [0.2, 0.25) is 0 Å². The minimum Gasteiger partial charge on any atom is -0.324 e. The van der Waals surface area contributed by atoms with E-state index in [0.29, 0.717) is 6.07 Å². The Kier molecular flexibility index (Phi) is 2.49. The standard InChI is InChI=1S/C9H8F3NO/c10-9(11,12)7-3-1-6(2-4-7)8(14)5-13/h1-4H,5,13H2/i1D. The highest BCUT2D eigenvalue weighted by molar-refractivity contribution is 5.97. The maximum Gasteiger partial charge on any atom is 0.416 e. The van der Waals surface area contributed by atoms with E-state index in [1.807, 2.05) is 0 Å². The molecule has 0 saturated carbocycles. The Morgan fingerprint density at radius 3 is 2.50 bits per heavy atom. The van der Waals surface area contributed by atoms with Gasteiger partial charge in [-0.2, -0.15) is 13.2 Å². The molecule has 0 saturated heterocycles. The minimum absolute atomic E-state index is 0.0921. The van der Waals surface area contributed by atoms with Gasteiger partial charge in [-0.1, -0.05) is 12.1 Å². The van der Waals surface area contributed by atoms with Crippen molar-refractivity contribution in [1.82, 2.24) is 0 Å². The first-order valence-corrected chi connectivity index (χ1v) is 3.77. The molecule has 1 aromatic rings. The summed E-state index contributed by atoms with van der Waals surface area (Å²) >= 11 is 0. The lowest BCUT2D eigenvalue weighted by Crippen LogP contribution is -2.14. The van der Waals surface area contributed by atoms with Gasteiger partial charge >= 0.3 is 6.18 Å². The molecule has 0 bridgehead atoms. The molecule has 14 heavy (non-hydrogen) atoms. The zero-order valence-corrected chi connectivity index (χ0v) is 7.06. The van der Waals surface area contributed by atoms with Crippen molar-refractivity contribution in [2.24, 2.45) is 5.73 Å². The second-order valence-corrected chi connectivity index (χ2v) is 2.62. The predicted molar refractivity (Wildman–Crippen MR) is 44.8 cm³/mol. The van der Waals surface area contributed by atoms with Crippen LogP contribution in [-0.2, 0) is 6.18 Å². The van der Waals surface area contributed by atoms with Crippen molar-refractivity contribution in [2.75, 3.05) is 6.54 Å². The van der Waals surface area contributed by atoms with Gasteiger partial charge in [0.25, 0.3) is 0 Å². The summed E-state index contributed by atoms with van der Waals surface area (Å²) in [7, 11) is 0. The number of Topliss-reactive ketones (excluding diaryl/α,β-unsaturated/α-hetero) is 1. The van der Waals surface area contributed by atoms with Crippen LogP contribution in [0.25, 0.3) is 0 Å². The van der Waals surface area contributed by atoms with Crippen LogP contribution in [0.5, 0.6) is 0 Å². The summed E-state index contributed by atoms with van der Waals surface area (Å²) in [6.07, 6.45) is -4.50. The average molecular weight is 204 g/mol. The van der Waals surface area contributed by atoms with Gasteiger partial charge in [0.1, 0.15) is 0 Å². The Balaban J connectivity index is 3.15. The molecule has 0 aliphatic rings. The zero-order chi connectivity index (χ0) is 11.6. The SMILES string of the molecule is [2H]c1cc(C(F)(F)F)ccc1C(=O)CN. The van der Waals surface area contributed by atoms with Crippen molar-refractivity contribution in [1.29, 1.82) is 0 Å². The van der Waals surface area contributed by atoms with Crippen LogP contribution in [0.3, 0.4) is 0 Å². The van der Waals surface area contributed by atoms with Crippen molar-refractivity contribution in [3.05, 3.63) is 35.4 Å². The van der Waals surface area contributed by atoms with Gasteiger partial charge in [-0.25, -0.2) is 0 Å². The van der Waals surface area contributed by atoms with E-state index in [-0.39, 0.29) is 12.1 Å². The van der Waals surface area contributed by atoms with Gasteiger partial charge in [-0.05, 0) is 12.1 Å². The van der Waals surface area contributed by atoms with E-state index < -0.39 is 23.6 Å². The summed E-state index contributed by atoms with van der Waals surface area (Å²) < 4.78 is 43.8. The minimum atomic E-state index is -4.50. The van der Waals surface area contributed by atoms with Crippen molar-refractivity contribution in [3.63, 3.8) is 0 Å². The Hall–Kier alpha value is -1.36. The topological polar surface area (TPSA) is 43.1 Å². The Bertz CT molecular complexity index is 389. The molecule has 2 nitrogen and oxygen atoms in total. The van der Waals surface area contributed by atoms with E-state index in [0.717, 1.165) is 12.1 Å². The van der Waals surface area contributed by atoms with Crippen molar-refractivity contribution >= 4 is 5.78 Å². The molecule has 0 aliphatic heterocycles. The molecule has 0 amide bonds. The smallest absolute Gasteiger partial charge is 0.324 e. The van der Waals surface area contributed by atoms with Gasteiger partial charge in [0.2, 0.25) is 0 Å². The highest BCUT2D eigenvalue weighted by atomic mass is 19.4. The summed E-state index contributed by atoms with van der Waals surface area (Å²) in [5, 5.41) is 0. The average Bonchev–Trinajstić information content (AvgIpc) is 2.15. The van der Waals surface area contributed by atoms with Crippen LogP contribution >= 0.6 is 0 Å². The molecule has 0 spiro atoms. The van der Waals surface area contributed by atoms with Crippen LogP contribution in [0.4, 0.5) is 13.2 Å². The van der Waals surface area contributed by atoms with Crippen LogP contribution in [0.15, 0.2) is 24.2 Å². The molecule has 0 heterocycles. The molecule has 0 aromatic heterocycles. The first-order chi connectivity index (χ1) is 6.86. The van der Waals surface area contributed by atoms with E-state index >= 15 is 0 Å². The van der Waals surface area contributed by atoms with Crippen LogP contribution in [0.1, 0.15) is 17.3 Å². The molecule has 1 aromatic carbocycles.